The molecular formula is C24H32N4O. The van der Waals surface area contributed by atoms with Crippen molar-refractivity contribution in [2.45, 2.75) is 83.6 Å². The highest BCUT2D eigenvalue weighted by Crippen LogP contribution is 2.53. The second kappa shape index (κ2) is 6.98. The van der Waals surface area contributed by atoms with E-state index in [-0.39, 0.29) is 17.4 Å². The Balaban J connectivity index is 1.45. The van der Waals surface area contributed by atoms with Gasteiger partial charge in [0.1, 0.15) is 6.54 Å². The second-order valence-corrected chi connectivity index (χ2v) is 9.63. The molecule has 1 aromatic carbocycles. The number of hydrogen-bond donors (Lipinski definition) is 1. The first-order valence-corrected chi connectivity index (χ1v) is 11.1. The molecule has 1 aromatic heterocycles. The molecule has 0 radical (unpaired) electrons. The molecule has 3 aliphatic rings. The smallest absolute Gasteiger partial charge is 0.244 e. The maximum absolute atomic E-state index is 13.6. The fourth-order valence-electron chi connectivity index (χ4n) is 6.37. The normalized spacial score (nSPS) is 33.1. The second-order valence-electron chi connectivity index (χ2n) is 9.63. The summed E-state index contributed by atoms with van der Waals surface area (Å²) < 4.78 is 1.88. The van der Waals surface area contributed by atoms with E-state index >= 15 is 0 Å². The molecule has 1 N–H and O–H groups in total. The van der Waals surface area contributed by atoms with Crippen molar-refractivity contribution < 1.29 is 4.79 Å². The van der Waals surface area contributed by atoms with Crippen LogP contribution < -0.4 is 5.32 Å². The van der Waals surface area contributed by atoms with Crippen LogP contribution in [0.1, 0.15) is 49.6 Å². The number of piperidine rings is 1. The van der Waals surface area contributed by atoms with Crippen LogP contribution in [0.3, 0.4) is 0 Å². The zero-order valence-electron chi connectivity index (χ0n) is 17.8. The predicted molar refractivity (Wildman–Crippen MR) is 114 cm³/mol. The summed E-state index contributed by atoms with van der Waals surface area (Å²) in [7, 11) is 0. The van der Waals surface area contributed by atoms with E-state index in [1.54, 1.807) is 0 Å². The monoisotopic (exact) mass is 392 g/mol. The third-order valence-electron chi connectivity index (χ3n) is 7.72. The fourth-order valence-corrected chi connectivity index (χ4v) is 6.37. The summed E-state index contributed by atoms with van der Waals surface area (Å²) in [6.45, 7) is 6.79. The van der Waals surface area contributed by atoms with E-state index < -0.39 is 0 Å². The summed E-state index contributed by atoms with van der Waals surface area (Å²) in [5.74, 6) is 0.234. The van der Waals surface area contributed by atoms with Crippen molar-refractivity contribution in [1.82, 2.24) is 20.0 Å². The summed E-state index contributed by atoms with van der Waals surface area (Å²) in [5.41, 5.74) is 3.58. The Kier molecular flexibility index (Phi) is 4.54. The number of nitrogens with zero attached hydrogens (tertiary/aromatic N) is 3. The van der Waals surface area contributed by atoms with Gasteiger partial charge in [-0.2, -0.15) is 5.10 Å². The Morgan fingerprint density at radius 1 is 1.24 bits per heavy atom. The molecule has 154 valence electrons. The molecule has 1 amide bonds. The number of aryl methyl sites for hydroxylation is 2. The van der Waals surface area contributed by atoms with Gasteiger partial charge in [0.05, 0.1) is 5.69 Å². The van der Waals surface area contributed by atoms with Crippen molar-refractivity contribution in [2.75, 3.05) is 0 Å². The average molecular weight is 393 g/mol. The third-order valence-corrected chi connectivity index (χ3v) is 7.72. The standard InChI is InChI=1S/C24H32N4O/c1-16-12-17(2)27(26-16)15-23(29)28-20-14-24(3)21(10-7-11-22(24)28)25-19(20)13-18-8-5-4-6-9-18/h4-6,8-9,12,19-22,25H,7,10-11,13-15H2,1-3H3/t19-,20-,21+,22-,24+/m0/s1. The number of likely N-dealkylation sites (tertiary alicyclic amines) is 1. The van der Waals surface area contributed by atoms with Gasteiger partial charge in [0.2, 0.25) is 5.91 Å². The minimum atomic E-state index is 0.195. The van der Waals surface area contributed by atoms with Crippen molar-refractivity contribution in [3.05, 3.63) is 53.3 Å². The summed E-state index contributed by atoms with van der Waals surface area (Å²) in [6.07, 6.45) is 5.66. The number of amides is 1. The van der Waals surface area contributed by atoms with Gasteiger partial charge in [-0.3, -0.25) is 9.48 Å². The lowest BCUT2D eigenvalue weighted by molar-refractivity contribution is -0.136. The molecule has 1 saturated carbocycles. The zero-order chi connectivity index (χ0) is 20.2. The number of benzene rings is 1. The van der Waals surface area contributed by atoms with Crippen molar-refractivity contribution in [3.63, 3.8) is 0 Å². The number of rotatable bonds is 4. The highest BCUT2D eigenvalue weighted by molar-refractivity contribution is 5.77. The maximum Gasteiger partial charge on any atom is 0.244 e. The number of fused-ring (bicyclic) bond motifs is 1. The van der Waals surface area contributed by atoms with Crippen LogP contribution in [0.5, 0.6) is 0 Å². The first-order valence-electron chi connectivity index (χ1n) is 11.1. The van der Waals surface area contributed by atoms with E-state index in [4.69, 9.17) is 0 Å². The van der Waals surface area contributed by atoms with Gasteiger partial charge < -0.3 is 10.2 Å². The molecule has 2 aliphatic heterocycles. The Hall–Kier alpha value is -2.14. The first kappa shape index (κ1) is 18.9. The van der Waals surface area contributed by atoms with Gasteiger partial charge >= 0.3 is 0 Å². The highest BCUT2D eigenvalue weighted by atomic mass is 16.2. The van der Waals surface area contributed by atoms with Crippen molar-refractivity contribution in [2.24, 2.45) is 5.41 Å². The third kappa shape index (κ3) is 3.10. The molecule has 3 fully saturated rings. The van der Waals surface area contributed by atoms with Gasteiger partial charge in [-0.05, 0) is 57.6 Å². The first-order chi connectivity index (χ1) is 14.0. The van der Waals surface area contributed by atoms with Crippen LogP contribution in [0, 0.1) is 19.3 Å². The Labute approximate surface area is 173 Å². The molecule has 1 aliphatic carbocycles. The van der Waals surface area contributed by atoms with Crippen LogP contribution in [-0.4, -0.2) is 44.8 Å². The number of nitrogens with one attached hydrogen (secondary N) is 1. The van der Waals surface area contributed by atoms with E-state index in [1.807, 2.05) is 24.6 Å². The molecule has 5 heteroatoms. The Morgan fingerprint density at radius 2 is 2.03 bits per heavy atom. The van der Waals surface area contributed by atoms with E-state index in [1.165, 1.54) is 18.4 Å². The van der Waals surface area contributed by atoms with E-state index in [9.17, 15) is 4.79 Å². The molecule has 29 heavy (non-hydrogen) atoms. The van der Waals surface area contributed by atoms with E-state index in [2.05, 4.69) is 52.6 Å². The molecule has 3 heterocycles. The molecule has 0 spiro atoms. The zero-order valence-corrected chi connectivity index (χ0v) is 17.8. The molecule has 2 bridgehead atoms. The quantitative estimate of drug-likeness (QED) is 0.869. The highest BCUT2D eigenvalue weighted by Gasteiger charge is 2.60. The van der Waals surface area contributed by atoms with Crippen LogP contribution in [0.15, 0.2) is 36.4 Å². The Bertz CT molecular complexity index is 907. The van der Waals surface area contributed by atoms with Crippen LogP contribution in [0.4, 0.5) is 0 Å². The number of carbonyl (C=O) groups excluding carboxylic acids is 1. The lowest BCUT2D eigenvalue weighted by Crippen LogP contribution is -2.58. The minimum Gasteiger partial charge on any atom is -0.333 e. The van der Waals surface area contributed by atoms with Crippen LogP contribution >= 0.6 is 0 Å². The summed E-state index contributed by atoms with van der Waals surface area (Å²) in [5, 5.41) is 8.53. The molecule has 5 atom stereocenters. The maximum atomic E-state index is 13.6. The number of hydrogen-bond acceptors (Lipinski definition) is 3. The average Bonchev–Trinajstić information content (AvgIpc) is 3.17. The molecule has 0 unspecified atom stereocenters. The lowest BCUT2D eigenvalue weighted by Gasteiger charge is -2.46. The van der Waals surface area contributed by atoms with Crippen LogP contribution in [0.2, 0.25) is 0 Å². The minimum absolute atomic E-state index is 0.195. The van der Waals surface area contributed by atoms with Gasteiger partial charge in [-0.15, -0.1) is 0 Å². The largest absolute Gasteiger partial charge is 0.333 e. The fraction of sp³-hybridized carbons (Fsp3) is 0.583. The van der Waals surface area contributed by atoms with E-state index in [0.29, 0.717) is 24.7 Å². The van der Waals surface area contributed by atoms with Crippen molar-refractivity contribution in [3.8, 4) is 0 Å². The van der Waals surface area contributed by atoms with Gasteiger partial charge in [-0.25, -0.2) is 0 Å². The van der Waals surface area contributed by atoms with Gasteiger partial charge in [0.25, 0.3) is 0 Å². The SMILES string of the molecule is Cc1cc(C)n(CC(=O)N2[C@H]3CCC[C@H]4N[C@@H](Cc5ccccc5)[C@@H]2C[C@@]34C)n1. The van der Waals surface area contributed by atoms with Gasteiger partial charge in [-0.1, -0.05) is 37.3 Å². The Morgan fingerprint density at radius 3 is 2.76 bits per heavy atom. The predicted octanol–water partition coefficient (Wildman–Crippen LogP) is 3.24. The van der Waals surface area contributed by atoms with Crippen LogP contribution in [0.25, 0.3) is 0 Å². The van der Waals surface area contributed by atoms with Crippen molar-refractivity contribution >= 4 is 5.91 Å². The van der Waals surface area contributed by atoms with E-state index in [0.717, 1.165) is 30.7 Å². The molecule has 2 aromatic rings. The summed E-state index contributed by atoms with van der Waals surface area (Å²) >= 11 is 0. The molecular weight excluding hydrogens is 360 g/mol. The summed E-state index contributed by atoms with van der Waals surface area (Å²) in [4.78, 5) is 15.9. The molecule has 2 saturated heterocycles. The topological polar surface area (TPSA) is 50.2 Å². The van der Waals surface area contributed by atoms with Crippen LogP contribution in [-0.2, 0) is 17.8 Å². The van der Waals surface area contributed by atoms with Crippen molar-refractivity contribution in [1.29, 1.82) is 0 Å². The van der Waals surface area contributed by atoms with Gasteiger partial charge in [0.15, 0.2) is 0 Å². The van der Waals surface area contributed by atoms with Gasteiger partial charge in [0, 0.05) is 35.3 Å². The summed E-state index contributed by atoms with van der Waals surface area (Å²) in [6, 6.07) is 14.2. The lowest BCUT2D eigenvalue weighted by atomic mass is 9.65. The molecule has 5 rings (SSSR count). The number of aromatic nitrogens is 2. The molecule has 5 nitrogen and oxygen atoms in total. The number of carbonyl (C=O) groups is 1.